The van der Waals surface area contributed by atoms with Gasteiger partial charge in [0.2, 0.25) is 0 Å². The molecule has 16 nitrogen and oxygen atoms in total. The Bertz CT molecular complexity index is 507. The Kier molecular flexibility index (Phi) is 20.3. The van der Waals surface area contributed by atoms with Crippen LogP contribution in [-0.4, -0.2) is 137 Å². The lowest BCUT2D eigenvalue weighted by atomic mass is 10.2. The fourth-order valence-electron chi connectivity index (χ4n) is 1.24. The summed E-state index contributed by atoms with van der Waals surface area (Å²) in [5.41, 5.74) is 0. The highest BCUT2D eigenvalue weighted by Crippen LogP contribution is 1.97. The van der Waals surface area contributed by atoms with Crippen LogP contribution in [-0.2, 0) is 28.7 Å². The summed E-state index contributed by atoms with van der Waals surface area (Å²) in [6, 6.07) is 0. The SMILES string of the molecule is CC(O)COC(C)COC(C)CO.O=C(O)C(O)C(O)C(=O)O.O=C(O)C(O)C(O)C(=O)O. The first kappa shape index (κ1) is 35.2. The lowest BCUT2D eigenvalue weighted by molar-refractivity contribution is -0.165. The molecule has 0 aliphatic rings. The van der Waals surface area contributed by atoms with Crippen molar-refractivity contribution in [2.75, 3.05) is 19.8 Å². The summed E-state index contributed by atoms with van der Waals surface area (Å²) in [6.07, 6.45) is -9.72. The zero-order chi connectivity index (χ0) is 26.9. The number of ether oxygens (including phenoxy) is 2. The average Bonchev–Trinajstić information content (AvgIpc) is 2.74. The van der Waals surface area contributed by atoms with Crippen molar-refractivity contribution in [2.24, 2.45) is 0 Å². The molecule has 0 aliphatic heterocycles. The molecular formula is C17H32O16. The minimum absolute atomic E-state index is 0.0170. The van der Waals surface area contributed by atoms with Gasteiger partial charge in [-0.15, -0.1) is 0 Å². The van der Waals surface area contributed by atoms with E-state index in [-0.39, 0.29) is 18.8 Å². The van der Waals surface area contributed by atoms with E-state index >= 15 is 0 Å². The number of carbonyl (C=O) groups is 4. The van der Waals surface area contributed by atoms with Gasteiger partial charge in [-0.05, 0) is 20.8 Å². The molecule has 0 amide bonds. The van der Waals surface area contributed by atoms with E-state index in [4.69, 9.17) is 60.5 Å². The second kappa shape index (κ2) is 19.1. The van der Waals surface area contributed by atoms with Gasteiger partial charge in [0.15, 0.2) is 24.4 Å². The lowest BCUT2D eigenvalue weighted by Crippen LogP contribution is -2.39. The van der Waals surface area contributed by atoms with Crippen molar-refractivity contribution in [2.45, 2.75) is 63.5 Å². The van der Waals surface area contributed by atoms with Crippen molar-refractivity contribution in [1.82, 2.24) is 0 Å². The molecule has 0 aromatic carbocycles. The molecule has 196 valence electrons. The highest BCUT2D eigenvalue weighted by molar-refractivity contribution is 5.83. The summed E-state index contributed by atoms with van der Waals surface area (Å²) < 4.78 is 10.5. The van der Waals surface area contributed by atoms with Gasteiger partial charge < -0.3 is 60.5 Å². The number of carboxylic acids is 4. The van der Waals surface area contributed by atoms with Crippen molar-refractivity contribution in [3.63, 3.8) is 0 Å². The van der Waals surface area contributed by atoms with Crippen molar-refractivity contribution >= 4 is 23.9 Å². The van der Waals surface area contributed by atoms with Crippen LogP contribution in [0.15, 0.2) is 0 Å². The third-order valence-electron chi connectivity index (χ3n) is 3.10. The monoisotopic (exact) mass is 492 g/mol. The lowest BCUT2D eigenvalue weighted by Gasteiger charge is -2.16. The number of hydrogen-bond acceptors (Lipinski definition) is 12. The van der Waals surface area contributed by atoms with Crippen molar-refractivity contribution in [3.8, 4) is 0 Å². The van der Waals surface area contributed by atoms with E-state index in [9.17, 15) is 19.2 Å². The molecule has 0 spiro atoms. The number of aliphatic carboxylic acids is 4. The Morgan fingerprint density at radius 1 is 0.576 bits per heavy atom. The van der Waals surface area contributed by atoms with E-state index in [0.29, 0.717) is 13.2 Å². The van der Waals surface area contributed by atoms with E-state index < -0.39 is 54.4 Å². The van der Waals surface area contributed by atoms with E-state index in [1.165, 1.54) is 0 Å². The Balaban J connectivity index is -0.000000415. The van der Waals surface area contributed by atoms with Crippen LogP contribution in [0.2, 0.25) is 0 Å². The molecule has 0 radical (unpaired) electrons. The largest absolute Gasteiger partial charge is 0.479 e. The maximum atomic E-state index is 9.77. The molecule has 0 aromatic rings. The van der Waals surface area contributed by atoms with Crippen LogP contribution in [0.25, 0.3) is 0 Å². The molecule has 16 heteroatoms. The van der Waals surface area contributed by atoms with Gasteiger partial charge in [0.1, 0.15) is 0 Å². The van der Waals surface area contributed by atoms with Crippen LogP contribution in [0, 0.1) is 0 Å². The Morgan fingerprint density at radius 2 is 0.848 bits per heavy atom. The molecule has 0 rings (SSSR count). The first-order valence-corrected chi connectivity index (χ1v) is 9.15. The molecule has 0 saturated carbocycles. The fraction of sp³-hybridized carbons (Fsp3) is 0.765. The Hall–Kier alpha value is -2.44. The first-order valence-electron chi connectivity index (χ1n) is 9.15. The maximum absolute atomic E-state index is 9.77. The molecule has 33 heavy (non-hydrogen) atoms. The van der Waals surface area contributed by atoms with Gasteiger partial charge in [-0.25, -0.2) is 19.2 Å². The van der Waals surface area contributed by atoms with Crippen LogP contribution >= 0.6 is 0 Å². The molecular weight excluding hydrogens is 460 g/mol. The van der Waals surface area contributed by atoms with Gasteiger partial charge >= 0.3 is 23.9 Å². The molecule has 0 saturated heterocycles. The van der Waals surface area contributed by atoms with Gasteiger partial charge in [0, 0.05) is 0 Å². The second-order valence-corrected chi connectivity index (χ2v) is 6.45. The number of rotatable bonds is 13. The highest BCUT2D eigenvalue weighted by Gasteiger charge is 2.30. The maximum Gasteiger partial charge on any atom is 0.335 e. The van der Waals surface area contributed by atoms with Gasteiger partial charge in [0.05, 0.1) is 38.1 Å². The van der Waals surface area contributed by atoms with E-state index in [0.717, 1.165) is 0 Å². The topological polar surface area (TPSA) is 289 Å². The second-order valence-electron chi connectivity index (χ2n) is 6.45. The number of aliphatic hydroxyl groups excluding tert-OH is 6. The van der Waals surface area contributed by atoms with E-state index in [2.05, 4.69) is 0 Å². The molecule has 7 atom stereocenters. The minimum Gasteiger partial charge on any atom is -0.479 e. The molecule has 0 aliphatic carbocycles. The summed E-state index contributed by atoms with van der Waals surface area (Å²) >= 11 is 0. The molecule has 0 aromatic heterocycles. The summed E-state index contributed by atoms with van der Waals surface area (Å²) in [6.45, 7) is 6.10. The smallest absolute Gasteiger partial charge is 0.335 e. The summed E-state index contributed by atoms with van der Waals surface area (Å²) in [7, 11) is 0. The minimum atomic E-state index is -2.27. The van der Waals surface area contributed by atoms with Crippen LogP contribution in [0.1, 0.15) is 20.8 Å². The highest BCUT2D eigenvalue weighted by atomic mass is 16.5. The van der Waals surface area contributed by atoms with Crippen LogP contribution in [0.4, 0.5) is 0 Å². The summed E-state index contributed by atoms with van der Waals surface area (Å²) in [4.78, 5) is 39.1. The Labute approximate surface area is 187 Å². The average molecular weight is 492 g/mol. The zero-order valence-corrected chi connectivity index (χ0v) is 18.1. The molecule has 10 N–H and O–H groups in total. The van der Waals surface area contributed by atoms with Crippen LogP contribution in [0.5, 0.6) is 0 Å². The first-order chi connectivity index (χ1) is 15.0. The van der Waals surface area contributed by atoms with E-state index in [1.54, 1.807) is 13.8 Å². The molecule has 0 heterocycles. The van der Waals surface area contributed by atoms with Gasteiger partial charge in [-0.2, -0.15) is 0 Å². The van der Waals surface area contributed by atoms with Gasteiger partial charge in [-0.3, -0.25) is 0 Å². The fourth-order valence-corrected chi connectivity index (χ4v) is 1.24. The van der Waals surface area contributed by atoms with Crippen molar-refractivity contribution < 1.29 is 79.7 Å². The number of carboxylic acid groups (broad SMARTS) is 4. The van der Waals surface area contributed by atoms with Crippen LogP contribution in [0.3, 0.4) is 0 Å². The standard InChI is InChI=1S/C9H20O4.2C4H6O6/c1-7(11)5-12-9(3)6-13-8(2)4-10;2*5-1(3(7)8)2(6)4(9)10/h7-11H,4-6H2,1-3H3;2*1-2,5-6H,(H,7,8)(H,9,10). The number of hydrogen-bond donors (Lipinski definition) is 10. The third kappa shape index (κ3) is 19.9. The predicted octanol–water partition coefficient (Wildman–Crippen LogP) is -4.08. The van der Waals surface area contributed by atoms with Crippen molar-refractivity contribution in [3.05, 3.63) is 0 Å². The third-order valence-corrected chi connectivity index (χ3v) is 3.10. The van der Waals surface area contributed by atoms with Crippen molar-refractivity contribution in [1.29, 1.82) is 0 Å². The van der Waals surface area contributed by atoms with E-state index in [1.807, 2.05) is 6.92 Å². The van der Waals surface area contributed by atoms with Gasteiger partial charge in [-0.1, -0.05) is 0 Å². The normalized spacial score (nSPS) is 16.8. The zero-order valence-electron chi connectivity index (χ0n) is 18.1. The summed E-state index contributed by atoms with van der Waals surface area (Å²) in [5.74, 6) is -7.07. The van der Waals surface area contributed by atoms with Crippen LogP contribution < -0.4 is 0 Å². The molecule has 7 unspecified atom stereocenters. The quantitative estimate of drug-likeness (QED) is 0.117. The molecule has 0 fully saturated rings. The number of aliphatic hydroxyl groups is 6. The molecule has 0 bridgehead atoms. The summed E-state index contributed by atoms with van der Waals surface area (Å²) in [5, 5.41) is 82.6. The predicted molar refractivity (Wildman–Crippen MR) is 104 cm³/mol. The Morgan fingerprint density at radius 3 is 1.06 bits per heavy atom. The van der Waals surface area contributed by atoms with Gasteiger partial charge in [0.25, 0.3) is 0 Å².